The zero-order valence-corrected chi connectivity index (χ0v) is 16.2. The Morgan fingerprint density at radius 3 is 2.80 bits per heavy atom. The Morgan fingerprint density at radius 1 is 1.24 bits per heavy atom. The molecule has 0 aromatic carbocycles. The molecule has 0 spiro atoms. The fraction of sp³-hybridized carbons (Fsp3) is 0.783. The van der Waals surface area contributed by atoms with E-state index >= 15 is 0 Å². The van der Waals surface area contributed by atoms with Gasteiger partial charge in [0.15, 0.2) is 0 Å². The van der Waals surface area contributed by atoms with E-state index < -0.39 is 5.60 Å². The first-order valence-electron chi connectivity index (χ1n) is 10.4. The van der Waals surface area contributed by atoms with Crippen molar-refractivity contribution >= 4 is 5.78 Å². The normalized spacial score (nSPS) is 45.8. The molecule has 0 aromatic rings. The minimum Gasteiger partial charge on any atom is -0.389 e. The first-order valence-corrected chi connectivity index (χ1v) is 10.4. The molecule has 2 saturated carbocycles. The lowest BCUT2D eigenvalue weighted by Crippen LogP contribution is -2.50. The van der Waals surface area contributed by atoms with Gasteiger partial charge in [-0.1, -0.05) is 37.1 Å². The Morgan fingerprint density at radius 2 is 2.04 bits per heavy atom. The second-order valence-corrected chi connectivity index (χ2v) is 9.76. The van der Waals surface area contributed by atoms with Crippen molar-refractivity contribution in [3.05, 3.63) is 23.3 Å². The van der Waals surface area contributed by atoms with Crippen molar-refractivity contribution in [1.82, 2.24) is 0 Å². The molecular formula is C23H34O2. The van der Waals surface area contributed by atoms with Crippen LogP contribution in [0.5, 0.6) is 0 Å². The lowest BCUT2D eigenvalue weighted by atomic mass is 9.50. The molecule has 0 unspecified atom stereocenters. The van der Waals surface area contributed by atoms with Crippen molar-refractivity contribution < 1.29 is 9.90 Å². The Bertz CT molecular complexity index is 644. The van der Waals surface area contributed by atoms with Crippen molar-refractivity contribution in [2.75, 3.05) is 0 Å². The summed E-state index contributed by atoms with van der Waals surface area (Å²) in [5.41, 5.74) is 2.97. The second kappa shape index (κ2) is 5.81. The first-order chi connectivity index (χ1) is 11.8. The smallest absolute Gasteiger partial charge is 0.129 e. The number of Topliss-reactive ketones (excluding diaryl/α,β-unsaturated/α-hetero) is 1. The van der Waals surface area contributed by atoms with E-state index in [9.17, 15) is 9.90 Å². The van der Waals surface area contributed by atoms with Crippen molar-refractivity contribution in [1.29, 1.82) is 0 Å². The molecule has 4 aliphatic rings. The van der Waals surface area contributed by atoms with E-state index in [4.69, 9.17) is 0 Å². The van der Waals surface area contributed by atoms with Crippen LogP contribution in [-0.4, -0.2) is 16.5 Å². The number of rotatable bonds is 3. The highest BCUT2D eigenvalue weighted by Crippen LogP contribution is 2.66. The van der Waals surface area contributed by atoms with Crippen LogP contribution in [0.1, 0.15) is 85.0 Å². The van der Waals surface area contributed by atoms with Crippen LogP contribution in [0.2, 0.25) is 0 Å². The zero-order chi connectivity index (χ0) is 17.9. The van der Waals surface area contributed by atoms with Crippen LogP contribution in [0.3, 0.4) is 0 Å². The highest BCUT2D eigenvalue weighted by Gasteiger charge is 2.61. The number of hydrogen-bond acceptors (Lipinski definition) is 2. The van der Waals surface area contributed by atoms with Crippen molar-refractivity contribution in [3.8, 4) is 0 Å². The molecule has 0 bridgehead atoms. The van der Waals surface area contributed by atoms with Gasteiger partial charge in [0.05, 0.1) is 5.60 Å². The maximum Gasteiger partial charge on any atom is 0.129 e. The standard InChI is InChI=1S/C23H34O2/c1-16(24)9-14-23(25)15-11-20-18-8-7-17-6-4-5-12-21(17,2)19(18)10-13-22(20,23)3/h6,10,18,20,25H,4-5,7-9,11-15H2,1-3H3/t18-,20+,21+,22+,23-/m1/s1. The molecular weight excluding hydrogens is 308 g/mol. The van der Waals surface area contributed by atoms with Crippen LogP contribution in [0, 0.1) is 22.7 Å². The third kappa shape index (κ3) is 2.43. The maximum absolute atomic E-state index is 11.5. The third-order valence-corrected chi connectivity index (χ3v) is 8.61. The highest BCUT2D eigenvalue weighted by molar-refractivity contribution is 5.75. The molecule has 25 heavy (non-hydrogen) atoms. The summed E-state index contributed by atoms with van der Waals surface area (Å²) in [6.07, 6.45) is 15.6. The van der Waals surface area contributed by atoms with Crippen molar-refractivity contribution in [2.24, 2.45) is 22.7 Å². The lowest BCUT2D eigenvalue weighted by Gasteiger charge is -2.55. The minimum absolute atomic E-state index is 0.0527. The van der Waals surface area contributed by atoms with Crippen LogP contribution in [0.25, 0.3) is 0 Å². The van der Waals surface area contributed by atoms with Crippen LogP contribution in [0.4, 0.5) is 0 Å². The minimum atomic E-state index is -0.658. The molecule has 2 fully saturated rings. The molecule has 4 aliphatic carbocycles. The molecule has 2 heteroatoms. The SMILES string of the molecule is CC(=O)CC[C@@]1(O)CC[C@H]2[C@@H]3CCC4=CCCC[C@]4(C)C3=CC[C@@]21C. The van der Waals surface area contributed by atoms with Gasteiger partial charge in [0.1, 0.15) is 5.78 Å². The summed E-state index contributed by atoms with van der Waals surface area (Å²) >= 11 is 0. The van der Waals surface area contributed by atoms with E-state index in [0.29, 0.717) is 30.1 Å². The number of ketones is 1. The molecule has 0 heterocycles. The fourth-order valence-corrected chi connectivity index (χ4v) is 6.94. The quantitative estimate of drug-likeness (QED) is 0.701. The number of carbonyl (C=O) groups is 1. The molecule has 0 radical (unpaired) electrons. The third-order valence-electron chi connectivity index (χ3n) is 8.61. The molecule has 138 valence electrons. The van der Waals surface area contributed by atoms with E-state index in [0.717, 1.165) is 19.3 Å². The molecule has 0 amide bonds. The van der Waals surface area contributed by atoms with Gasteiger partial charge in [-0.05, 0) is 76.5 Å². The number of fused-ring (bicyclic) bond motifs is 5. The van der Waals surface area contributed by atoms with Crippen molar-refractivity contribution in [3.63, 3.8) is 0 Å². The lowest BCUT2D eigenvalue weighted by molar-refractivity contribution is -0.122. The topological polar surface area (TPSA) is 37.3 Å². The summed E-state index contributed by atoms with van der Waals surface area (Å²) in [5, 5.41) is 11.5. The molecule has 1 N–H and O–H groups in total. The molecule has 5 atom stereocenters. The Kier molecular flexibility index (Phi) is 4.07. The monoisotopic (exact) mass is 342 g/mol. The number of carbonyl (C=O) groups excluding carboxylic acids is 1. The summed E-state index contributed by atoms with van der Waals surface area (Å²) in [6.45, 7) is 6.44. The molecule has 0 aliphatic heterocycles. The predicted octanol–water partition coefficient (Wildman–Crippen LogP) is 5.36. The van der Waals surface area contributed by atoms with Gasteiger partial charge in [0.25, 0.3) is 0 Å². The van der Waals surface area contributed by atoms with Crippen LogP contribution in [0.15, 0.2) is 23.3 Å². The summed E-state index contributed by atoms with van der Waals surface area (Å²) < 4.78 is 0. The highest BCUT2D eigenvalue weighted by atomic mass is 16.3. The van der Waals surface area contributed by atoms with E-state index in [2.05, 4.69) is 26.0 Å². The summed E-state index contributed by atoms with van der Waals surface area (Å²) in [5.74, 6) is 1.43. The summed E-state index contributed by atoms with van der Waals surface area (Å²) in [7, 11) is 0. The molecule has 2 nitrogen and oxygen atoms in total. The van der Waals surface area contributed by atoms with Gasteiger partial charge in [-0.2, -0.15) is 0 Å². The van der Waals surface area contributed by atoms with Gasteiger partial charge in [0.2, 0.25) is 0 Å². The fourth-order valence-electron chi connectivity index (χ4n) is 6.94. The summed E-state index contributed by atoms with van der Waals surface area (Å²) in [6, 6.07) is 0. The van der Waals surface area contributed by atoms with Crippen molar-refractivity contribution in [2.45, 2.75) is 90.6 Å². The molecule has 0 aromatic heterocycles. The van der Waals surface area contributed by atoms with Gasteiger partial charge in [-0.15, -0.1) is 0 Å². The Balaban J connectivity index is 1.67. The van der Waals surface area contributed by atoms with E-state index in [1.165, 1.54) is 32.1 Å². The average Bonchev–Trinajstić information content (AvgIpc) is 2.84. The summed E-state index contributed by atoms with van der Waals surface area (Å²) in [4.78, 5) is 11.5. The number of aliphatic hydroxyl groups is 1. The Hall–Kier alpha value is -0.890. The van der Waals surface area contributed by atoms with Gasteiger partial charge in [0, 0.05) is 17.3 Å². The maximum atomic E-state index is 11.5. The van der Waals surface area contributed by atoms with Gasteiger partial charge in [-0.25, -0.2) is 0 Å². The van der Waals surface area contributed by atoms with Crippen LogP contribution in [-0.2, 0) is 4.79 Å². The Labute approximate surface area is 152 Å². The van der Waals surface area contributed by atoms with Crippen LogP contribution < -0.4 is 0 Å². The number of allylic oxidation sites excluding steroid dienone is 4. The van der Waals surface area contributed by atoms with E-state index in [1.54, 1.807) is 18.1 Å². The largest absolute Gasteiger partial charge is 0.389 e. The first kappa shape index (κ1) is 17.5. The van der Waals surface area contributed by atoms with E-state index in [-0.39, 0.29) is 11.2 Å². The predicted molar refractivity (Wildman–Crippen MR) is 101 cm³/mol. The van der Waals surface area contributed by atoms with Gasteiger partial charge < -0.3 is 9.90 Å². The van der Waals surface area contributed by atoms with E-state index in [1.807, 2.05) is 0 Å². The van der Waals surface area contributed by atoms with Gasteiger partial charge >= 0.3 is 0 Å². The average molecular weight is 343 g/mol. The van der Waals surface area contributed by atoms with Crippen LogP contribution >= 0.6 is 0 Å². The number of hydrogen-bond donors (Lipinski definition) is 1. The molecule has 4 rings (SSSR count). The zero-order valence-electron chi connectivity index (χ0n) is 16.2. The second-order valence-electron chi connectivity index (χ2n) is 9.76. The van der Waals surface area contributed by atoms with Gasteiger partial charge in [-0.3, -0.25) is 0 Å². The molecule has 0 saturated heterocycles.